The first-order chi connectivity index (χ1) is 8.23. The molecule has 0 amide bonds. The van der Waals surface area contributed by atoms with Gasteiger partial charge in [0.1, 0.15) is 0 Å². The second-order valence-corrected chi connectivity index (χ2v) is 7.86. The number of piperazine rings is 1. The Balaban J connectivity index is 2.14. The molecule has 1 heterocycles. The average molecular weight is 252 g/mol. The number of hydrogen-bond donors (Lipinski definition) is 1. The molecular weight excluding hydrogens is 220 g/mol. The normalized spacial score (nSPS) is 36.0. The van der Waals surface area contributed by atoms with E-state index in [2.05, 4.69) is 58.7 Å². The van der Waals surface area contributed by atoms with Crippen molar-refractivity contribution < 1.29 is 0 Å². The quantitative estimate of drug-likeness (QED) is 0.830. The highest BCUT2D eigenvalue weighted by molar-refractivity contribution is 5.20. The first-order valence-corrected chi connectivity index (χ1v) is 7.72. The molecule has 0 bridgehead atoms. The van der Waals surface area contributed by atoms with Crippen LogP contribution < -0.4 is 5.32 Å². The summed E-state index contributed by atoms with van der Waals surface area (Å²) in [6.07, 6.45) is 1.26. The zero-order valence-electron chi connectivity index (χ0n) is 13.4. The molecule has 1 aliphatic heterocycles. The van der Waals surface area contributed by atoms with Gasteiger partial charge in [0.2, 0.25) is 0 Å². The minimum Gasteiger partial charge on any atom is -0.311 e. The van der Waals surface area contributed by atoms with Gasteiger partial charge in [-0.2, -0.15) is 0 Å². The predicted molar refractivity (Wildman–Crippen MR) is 78.8 cm³/mol. The lowest BCUT2D eigenvalue weighted by Gasteiger charge is -2.43. The topological polar surface area (TPSA) is 15.3 Å². The van der Waals surface area contributed by atoms with Crippen molar-refractivity contribution in [1.82, 2.24) is 10.2 Å². The van der Waals surface area contributed by atoms with Crippen molar-refractivity contribution in [2.75, 3.05) is 13.1 Å². The molecule has 2 nitrogen and oxygen atoms in total. The van der Waals surface area contributed by atoms with Gasteiger partial charge in [-0.05, 0) is 23.2 Å². The fourth-order valence-electron chi connectivity index (χ4n) is 3.98. The summed E-state index contributed by atoms with van der Waals surface area (Å²) in [6.45, 7) is 19.2. The molecule has 0 spiro atoms. The van der Waals surface area contributed by atoms with Gasteiger partial charge in [-0.1, -0.05) is 48.5 Å². The van der Waals surface area contributed by atoms with Gasteiger partial charge < -0.3 is 5.32 Å². The van der Waals surface area contributed by atoms with Gasteiger partial charge in [-0.15, -0.1) is 0 Å². The van der Waals surface area contributed by atoms with E-state index >= 15 is 0 Å². The number of nitrogens with zero attached hydrogens (tertiary/aromatic N) is 1. The third-order valence-corrected chi connectivity index (χ3v) is 6.04. The summed E-state index contributed by atoms with van der Waals surface area (Å²) in [5.41, 5.74) is 0.943. The summed E-state index contributed by atoms with van der Waals surface area (Å²) in [5.74, 6) is 0.732. The lowest BCUT2D eigenvalue weighted by Crippen LogP contribution is -2.59. The van der Waals surface area contributed by atoms with E-state index in [0.717, 1.165) is 18.0 Å². The monoisotopic (exact) mass is 252 g/mol. The molecule has 1 N–H and O–H groups in total. The fraction of sp³-hybridized carbons (Fsp3) is 1.00. The van der Waals surface area contributed by atoms with Crippen LogP contribution in [-0.2, 0) is 0 Å². The largest absolute Gasteiger partial charge is 0.311 e. The molecule has 0 radical (unpaired) electrons. The molecule has 1 aliphatic carbocycles. The van der Waals surface area contributed by atoms with E-state index in [1.807, 2.05) is 0 Å². The molecule has 2 heteroatoms. The number of rotatable bonds is 3. The van der Waals surface area contributed by atoms with Gasteiger partial charge in [0.25, 0.3) is 0 Å². The van der Waals surface area contributed by atoms with Crippen LogP contribution in [0.2, 0.25) is 0 Å². The van der Waals surface area contributed by atoms with Crippen LogP contribution >= 0.6 is 0 Å². The molecule has 0 aromatic heterocycles. The van der Waals surface area contributed by atoms with Crippen LogP contribution in [-0.4, -0.2) is 36.1 Å². The Morgan fingerprint density at radius 3 is 2.11 bits per heavy atom. The van der Waals surface area contributed by atoms with Crippen LogP contribution in [0.15, 0.2) is 0 Å². The molecule has 0 aromatic rings. The molecule has 18 heavy (non-hydrogen) atoms. The first-order valence-electron chi connectivity index (χ1n) is 7.72. The minimum atomic E-state index is 0.472. The average Bonchev–Trinajstić information content (AvgIpc) is 2.68. The highest BCUT2D eigenvalue weighted by atomic mass is 15.3. The standard InChI is InChI=1S/C16H32N2/c1-8-12-9-17-13(11(2)3)10-18(12)14-15(4,5)16(14,6)7/h11-14,17H,8-10H2,1-7H3. The van der Waals surface area contributed by atoms with Crippen molar-refractivity contribution in [2.45, 2.75) is 73.0 Å². The van der Waals surface area contributed by atoms with Gasteiger partial charge >= 0.3 is 0 Å². The summed E-state index contributed by atoms with van der Waals surface area (Å²) in [5, 5.41) is 3.75. The molecule has 2 rings (SSSR count). The SMILES string of the molecule is CCC1CNC(C(C)C)CN1C1C(C)(C)C1(C)C. The minimum absolute atomic E-state index is 0.472. The van der Waals surface area contributed by atoms with Crippen LogP contribution in [0.25, 0.3) is 0 Å². The molecule has 1 saturated heterocycles. The summed E-state index contributed by atoms with van der Waals surface area (Å²) in [6, 6.07) is 2.16. The summed E-state index contributed by atoms with van der Waals surface area (Å²) in [7, 11) is 0. The number of nitrogens with one attached hydrogen (secondary N) is 1. The Labute approximate surface area is 114 Å². The van der Waals surface area contributed by atoms with Crippen LogP contribution in [0, 0.1) is 16.7 Å². The van der Waals surface area contributed by atoms with Crippen LogP contribution in [0.4, 0.5) is 0 Å². The van der Waals surface area contributed by atoms with E-state index in [4.69, 9.17) is 0 Å². The molecule has 2 aliphatic rings. The van der Waals surface area contributed by atoms with E-state index in [1.54, 1.807) is 0 Å². The van der Waals surface area contributed by atoms with E-state index in [0.29, 0.717) is 16.9 Å². The van der Waals surface area contributed by atoms with Crippen molar-refractivity contribution >= 4 is 0 Å². The van der Waals surface area contributed by atoms with Crippen LogP contribution in [0.3, 0.4) is 0 Å². The summed E-state index contributed by atoms with van der Waals surface area (Å²) in [4.78, 5) is 2.82. The highest BCUT2D eigenvalue weighted by Crippen LogP contribution is 2.65. The highest BCUT2D eigenvalue weighted by Gasteiger charge is 2.67. The predicted octanol–water partition coefficient (Wildman–Crippen LogP) is 3.13. The Hall–Kier alpha value is -0.0800. The molecule has 1 saturated carbocycles. The third kappa shape index (κ3) is 2.02. The Morgan fingerprint density at radius 2 is 1.72 bits per heavy atom. The van der Waals surface area contributed by atoms with Gasteiger partial charge in [-0.3, -0.25) is 4.90 Å². The molecule has 2 atom stereocenters. The maximum absolute atomic E-state index is 3.75. The molecular formula is C16H32N2. The van der Waals surface area contributed by atoms with Crippen LogP contribution in [0.1, 0.15) is 54.9 Å². The molecule has 2 fully saturated rings. The van der Waals surface area contributed by atoms with Gasteiger partial charge in [0.05, 0.1) is 0 Å². The second kappa shape index (κ2) is 4.49. The van der Waals surface area contributed by atoms with E-state index in [9.17, 15) is 0 Å². The van der Waals surface area contributed by atoms with E-state index in [-0.39, 0.29) is 0 Å². The van der Waals surface area contributed by atoms with E-state index in [1.165, 1.54) is 19.5 Å². The van der Waals surface area contributed by atoms with Crippen molar-refractivity contribution in [2.24, 2.45) is 16.7 Å². The van der Waals surface area contributed by atoms with Crippen molar-refractivity contribution in [3.05, 3.63) is 0 Å². The second-order valence-electron chi connectivity index (χ2n) is 7.86. The molecule has 2 unspecified atom stereocenters. The van der Waals surface area contributed by atoms with Gasteiger partial charge in [-0.25, -0.2) is 0 Å². The zero-order chi connectivity index (χ0) is 13.7. The fourth-order valence-corrected chi connectivity index (χ4v) is 3.98. The lowest BCUT2D eigenvalue weighted by molar-refractivity contribution is 0.0843. The van der Waals surface area contributed by atoms with Crippen molar-refractivity contribution in [1.29, 1.82) is 0 Å². The van der Waals surface area contributed by atoms with Gasteiger partial charge in [0.15, 0.2) is 0 Å². The smallest absolute Gasteiger partial charge is 0.0222 e. The van der Waals surface area contributed by atoms with Crippen LogP contribution in [0.5, 0.6) is 0 Å². The van der Waals surface area contributed by atoms with E-state index < -0.39 is 0 Å². The maximum atomic E-state index is 3.75. The zero-order valence-corrected chi connectivity index (χ0v) is 13.4. The number of hydrogen-bond acceptors (Lipinski definition) is 2. The lowest BCUT2D eigenvalue weighted by atomic mass is 9.97. The molecule has 0 aromatic carbocycles. The Bertz CT molecular complexity index is 292. The molecule has 106 valence electrons. The van der Waals surface area contributed by atoms with Gasteiger partial charge in [0, 0.05) is 31.2 Å². The van der Waals surface area contributed by atoms with Crippen molar-refractivity contribution in [3.8, 4) is 0 Å². The third-order valence-electron chi connectivity index (χ3n) is 6.04. The summed E-state index contributed by atoms with van der Waals surface area (Å²) < 4.78 is 0. The maximum Gasteiger partial charge on any atom is 0.0222 e. The Kier molecular flexibility index (Phi) is 3.57. The Morgan fingerprint density at radius 1 is 1.17 bits per heavy atom. The summed E-state index contributed by atoms with van der Waals surface area (Å²) >= 11 is 0. The van der Waals surface area contributed by atoms with Crippen molar-refractivity contribution in [3.63, 3.8) is 0 Å². The first kappa shape index (κ1) is 14.3.